The van der Waals surface area contributed by atoms with Crippen molar-refractivity contribution in [3.8, 4) is 0 Å². The first-order valence-corrected chi connectivity index (χ1v) is 13.3. The maximum atomic E-state index is 12.8. The fourth-order valence-electron chi connectivity index (χ4n) is 5.95. The largest absolute Gasteiger partial charge is 0.480 e. The van der Waals surface area contributed by atoms with Crippen LogP contribution >= 0.6 is 0 Å². The van der Waals surface area contributed by atoms with Gasteiger partial charge in [0, 0.05) is 40.9 Å². The minimum Gasteiger partial charge on any atom is -0.480 e. The van der Waals surface area contributed by atoms with E-state index in [-0.39, 0.29) is 18.4 Å². The van der Waals surface area contributed by atoms with Gasteiger partial charge in [0.2, 0.25) is 6.29 Å². The van der Waals surface area contributed by atoms with Crippen molar-refractivity contribution in [1.29, 1.82) is 0 Å². The molecule has 13 heteroatoms. The SMILES string of the molecule is C=C[C@H]1[C@H](O[C@H]2O[C@@H](CO)[C@H](O)[C@@H](O)[C@@H]2O)OC=C(C(=O)OC)[C@H]1C[C@@H]1N[C@H](C(=O)O)Cc2c1[nH]c1ccccc21. The van der Waals surface area contributed by atoms with Crippen LogP contribution in [0.25, 0.3) is 10.9 Å². The van der Waals surface area contributed by atoms with E-state index in [1.807, 2.05) is 24.3 Å². The average Bonchev–Trinajstić information content (AvgIpc) is 3.36. The molecule has 1 aromatic heterocycles. The highest BCUT2D eigenvalue weighted by molar-refractivity contribution is 5.89. The third-order valence-electron chi connectivity index (χ3n) is 8.11. The zero-order valence-corrected chi connectivity index (χ0v) is 22.3. The minimum absolute atomic E-state index is 0.169. The Kier molecular flexibility index (Phi) is 8.47. The number of esters is 1. The zero-order chi connectivity index (χ0) is 29.4. The van der Waals surface area contributed by atoms with Crippen LogP contribution in [0.15, 0.2) is 48.8 Å². The number of H-pyrrole nitrogens is 1. The van der Waals surface area contributed by atoms with E-state index in [0.29, 0.717) is 0 Å². The molecule has 4 heterocycles. The molecule has 1 fully saturated rings. The summed E-state index contributed by atoms with van der Waals surface area (Å²) in [5.74, 6) is -3.06. The molecule has 2 aromatic rings. The summed E-state index contributed by atoms with van der Waals surface area (Å²) < 4.78 is 22.1. The highest BCUT2D eigenvalue weighted by Crippen LogP contribution is 2.42. The van der Waals surface area contributed by atoms with Crippen LogP contribution in [0.1, 0.15) is 23.7 Å². The lowest BCUT2D eigenvalue weighted by Crippen LogP contribution is -2.60. The third kappa shape index (κ3) is 5.37. The number of aromatic nitrogens is 1. The van der Waals surface area contributed by atoms with Crippen molar-refractivity contribution in [1.82, 2.24) is 10.3 Å². The van der Waals surface area contributed by atoms with Crippen LogP contribution in [-0.2, 0) is 35.0 Å². The van der Waals surface area contributed by atoms with E-state index in [2.05, 4.69) is 16.9 Å². The second-order valence-corrected chi connectivity index (χ2v) is 10.4. The first kappa shape index (κ1) is 29.2. The van der Waals surface area contributed by atoms with Crippen molar-refractivity contribution in [2.45, 2.75) is 61.9 Å². The number of rotatable bonds is 8. The molecule has 5 rings (SSSR count). The molecule has 1 saturated heterocycles. The summed E-state index contributed by atoms with van der Waals surface area (Å²) in [6.07, 6.45) is -5.57. The number of carbonyl (C=O) groups excluding carboxylic acids is 1. The number of hydrogen-bond donors (Lipinski definition) is 7. The smallest absolute Gasteiger partial charge is 0.337 e. The van der Waals surface area contributed by atoms with Gasteiger partial charge in [-0.05, 0) is 18.1 Å². The molecule has 0 amide bonds. The number of ether oxygens (including phenoxy) is 4. The molecule has 1 aromatic carbocycles. The lowest BCUT2D eigenvalue weighted by atomic mass is 9.77. The number of aliphatic hydroxyl groups is 4. The van der Waals surface area contributed by atoms with Crippen molar-refractivity contribution in [3.63, 3.8) is 0 Å². The number of nitrogens with one attached hydrogen (secondary N) is 2. The van der Waals surface area contributed by atoms with Gasteiger partial charge in [-0.3, -0.25) is 10.1 Å². The van der Waals surface area contributed by atoms with Crippen LogP contribution in [0.2, 0.25) is 0 Å². The van der Waals surface area contributed by atoms with Crippen LogP contribution in [-0.4, -0.2) is 99.2 Å². The number of benzene rings is 1. The molecule has 0 aliphatic carbocycles. The van der Waals surface area contributed by atoms with Crippen LogP contribution in [0.4, 0.5) is 0 Å². The Morgan fingerprint density at radius 3 is 2.59 bits per heavy atom. The number of methoxy groups -OCH3 is 1. The number of carboxylic acid groups (broad SMARTS) is 1. The molecule has 10 atom stereocenters. The van der Waals surface area contributed by atoms with Gasteiger partial charge in [-0.1, -0.05) is 24.3 Å². The molecule has 41 heavy (non-hydrogen) atoms. The summed E-state index contributed by atoms with van der Waals surface area (Å²) >= 11 is 0. The summed E-state index contributed by atoms with van der Waals surface area (Å²) in [6, 6.07) is 6.20. The van der Waals surface area contributed by atoms with Gasteiger partial charge in [0.15, 0.2) is 6.29 Å². The van der Waals surface area contributed by atoms with E-state index in [4.69, 9.17) is 18.9 Å². The van der Waals surface area contributed by atoms with Crippen LogP contribution < -0.4 is 5.32 Å². The van der Waals surface area contributed by atoms with Crippen LogP contribution in [0.5, 0.6) is 0 Å². The maximum absolute atomic E-state index is 12.8. The van der Waals surface area contributed by atoms with E-state index >= 15 is 0 Å². The van der Waals surface area contributed by atoms with E-state index in [0.717, 1.165) is 22.2 Å². The Bertz CT molecular complexity index is 1320. The molecule has 13 nitrogen and oxygen atoms in total. The predicted molar refractivity (Wildman–Crippen MR) is 141 cm³/mol. The Balaban J connectivity index is 1.47. The van der Waals surface area contributed by atoms with Crippen LogP contribution in [0, 0.1) is 11.8 Å². The summed E-state index contributed by atoms with van der Waals surface area (Å²) in [7, 11) is 1.23. The topological polar surface area (TPSA) is 200 Å². The van der Waals surface area contributed by atoms with Crippen molar-refractivity contribution >= 4 is 22.8 Å². The highest BCUT2D eigenvalue weighted by Gasteiger charge is 2.48. The minimum atomic E-state index is -1.67. The summed E-state index contributed by atoms with van der Waals surface area (Å²) in [6.45, 7) is 3.26. The second kappa shape index (κ2) is 11.9. The van der Waals surface area contributed by atoms with Gasteiger partial charge in [-0.2, -0.15) is 0 Å². The molecule has 222 valence electrons. The highest BCUT2D eigenvalue weighted by atomic mass is 16.8. The molecular formula is C28H34N2O11. The number of carbonyl (C=O) groups is 2. The molecule has 7 N–H and O–H groups in total. The lowest BCUT2D eigenvalue weighted by Gasteiger charge is -2.43. The molecule has 0 spiro atoms. The van der Waals surface area contributed by atoms with Gasteiger partial charge in [0.25, 0.3) is 0 Å². The lowest BCUT2D eigenvalue weighted by molar-refractivity contribution is -0.339. The average molecular weight is 575 g/mol. The predicted octanol–water partition coefficient (Wildman–Crippen LogP) is -0.154. The third-order valence-corrected chi connectivity index (χ3v) is 8.11. The fourth-order valence-corrected chi connectivity index (χ4v) is 5.95. The Labute approximate surface area is 235 Å². The maximum Gasteiger partial charge on any atom is 0.337 e. The quantitative estimate of drug-likeness (QED) is 0.163. The zero-order valence-electron chi connectivity index (χ0n) is 22.3. The number of fused-ring (bicyclic) bond motifs is 3. The van der Waals surface area contributed by atoms with E-state index in [1.165, 1.54) is 19.4 Å². The van der Waals surface area contributed by atoms with E-state index < -0.39 is 79.5 Å². The first-order valence-electron chi connectivity index (χ1n) is 13.3. The van der Waals surface area contributed by atoms with Gasteiger partial charge >= 0.3 is 11.9 Å². The van der Waals surface area contributed by atoms with Crippen molar-refractivity contribution < 1.29 is 54.1 Å². The van der Waals surface area contributed by atoms with Gasteiger partial charge in [-0.25, -0.2) is 4.79 Å². The summed E-state index contributed by atoms with van der Waals surface area (Å²) in [5.41, 5.74) is 2.70. The van der Waals surface area contributed by atoms with Crippen LogP contribution in [0.3, 0.4) is 0 Å². The van der Waals surface area contributed by atoms with E-state index in [9.17, 15) is 35.1 Å². The fraction of sp³-hybridized carbons (Fsp3) is 0.500. The summed E-state index contributed by atoms with van der Waals surface area (Å²) in [4.78, 5) is 28.3. The van der Waals surface area contributed by atoms with Gasteiger partial charge in [0.1, 0.15) is 30.5 Å². The van der Waals surface area contributed by atoms with Crippen molar-refractivity contribution in [2.75, 3.05) is 13.7 Å². The molecular weight excluding hydrogens is 540 g/mol. The molecule has 0 bridgehead atoms. The molecule has 0 unspecified atom stereocenters. The first-order chi connectivity index (χ1) is 19.7. The monoisotopic (exact) mass is 574 g/mol. The number of hydrogen-bond acceptors (Lipinski definition) is 11. The van der Waals surface area contributed by atoms with Gasteiger partial charge in [-0.15, -0.1) is 6.58 Å². The number of aromatic amines is 1. The van der Waals surface area contributed by atoms with Gasteiger partial charge in [0.05, 0.1) is 25.6 Å². The Morgan fingerprint density at radius 2 is 1.90 bits per heavy atom. The summed E-state index contributed by atoms with van der Waals surface area (Å²) in [5, 5.41) is 54.3. The van der Waals surface area contributed by atoms with Crippen molar-refractivity contribution in [3.05, 3.63) is 60.0 Å². The molecule has 3 aliphatic rings. The molecule has 3 aliphatic heterocycles. The molecule has 0 saturated carbocycles. The molecule has 0 radical (unpaired) electrons. The second-order valence-electron chi connectivity index (χ2n) is 10.4. The number of aliphatic carboxylic acids is 1. The number of para-hydroxylation sites is 1. The number of carboxylic acids is 1. The number of aliphatic hydroxyl groups excluding tert-OH is 4. The normalized spacial score (nSPS) is 35.2. The Hall–Kier alpha value is -3.30. The van der Waals surface area contributed by atoms with Gasteiger partial charge < -0.3 is 49.5 Å². The Morgan fingerprint density at radius 1 is 1.15 bits per heavy atom. The van der Waals surface area contributed by atoms with E-state index in [1.54, 1.807) is 0 Å². The van der Waals surface area contributed by atoms with Crippen molar-refractivity contribution in [2.24, 2.45) is 11.8 Å². The standard InChI is InChI=1S/C28H34N2O11/c1-3-12-14(8-18-21-15(9-19(29-18)25(35)36)13-6-4-5-7-17(13)30-21)16(26(37)38-2)11-39-27(12)41-28-24(34)23(33)22(32)20(10-31)40-28/h3-7,11-12,14,18-20,22-24,27-34H,1,8-10H2,2H3,(H,35,36)/t12-,14+,18+,19+,20+,22+,23-,24+,27+,28-/m1/s1.